The third-order valence-corrected chi connectivity index (χ3v) is 3.09. The van der Waals surface area contributed by atoms with E-state index in [1.54, 1.807) is 31.2 Å². The van der Waals surface area contributed by atoms with Crippen molar-refractivity contribution in [2.24, 2.45) is 0 Å². The molecular formula is C14H11ClF3N. The number of nitrogen functional groups attached to an aromatic ring is 1. The van der Waals surface area contributed by atoms with Crippen LogP contribution in [0.5, 0.6) is 0 Å². The summed E-state index contributed by atoms with van der Waals surface area (Å²) in [5.41, 5.74) is 6.26. The van der Waals surface area contributed by atoms with Crippen molar-refractivity contribution in [3.05, 3.63) is 52.5 Å². The molecule has 2 N–H and O–H groups in total. The van der Waals surface area contributed by atoms with Gasteiger partial charge in [0, 0.05) is 10.7 Å². The van der Waals surface area contributed by atoms with Crippen molar-refractivity contribution in [1.29, 1.82) is 0 Å². The molecule has 0 atom stereocenters. The highest BCUT2D eigenvalue weighted by atomic mass is 35.5. The maximum Gasteiger partial charge on any atom is 0.418 e. The van der Waals surface area contributed by atoms with Crippen molar-refractivity contribution in [3.8, 4) is 11.1 Å². The van der Waals surface area contributed by atoms with Gasteiger partial charge in [0.2, 0.25) is 0 Å². The summed E-state index contributed by atoms with van der Waals surface area (Å²) in [4.78, 5) is 0. The van der Waals surface area contributed by atoms with Crippen molar-refractivity contribution in [2.45, 2.75) is 13.1 Å². The molecule has 0 heterocycles. The Labute approximate surface area is 113 Å². The SMILES string of the molecule is Cc1cc(Cl)ccc1-c1ccc(N)c(C(F)(F)F)c1. The van der Waals surface area contributed by atoms with E-state index in [0.717, 1.165) is 11.6 Å². The first-order chi connectivity index (χ1) is 8.79. The summed E-state index contributed by atoms with van der Waals surface area (Å²) in [6.07, 6.45) is -4.46. The van der Waals surface area contributed by atoms with Gasteiger partial charge < -0.3 is 5.73 Å². The maximum atomic E-state index is 12.8. The third kappa shape index (κ3) is 2.84. The van der Waals surface area contributed by atoms with Gasteiger partial charge in [-0.3, -0.25) is 0 Å². The lowest BCUT2D eigenvalue weighted by molar-refractivity contribution is -0.136. The number of hydrogen-bond donors (Lipinski definition) is 1. The van der Waals surface area contributed by atoms with Gasteiger partial charge in [-0.25, -0.2) is 0 Å². The minimum Gasteiger partial charge on any atom is -0.398 e. The van der Waals surface area contributed by atoms with Gasteiger partial charge in [0.05, 0.1) is 5.56 Å². The molecule has 19 heavy (non-hydrogen) atoms. The molecule has 2 rings (SSSR count). The molecule has 0 radical (unpaired) electrons. The average molecular weight is 286 g/mol. The Kier molecular flexibility index (Phi) is 3.45. The molecule has 2 aromatic rings. The van der Waals surface area contributed by atoms with Crippen molar-refractivity contribution in [1.82, 2.24) is 0 Å². The predicted octanol–water partition coefficient (Wildman–Crippen LogP) is 4.92. The molecule has 100 valence electrons. The molecule has 5 heteroatoms. The minimum absolute atomic E-state index is 0.275. The van der Waals surface area contributed by atoms with Crippen LogP contribution in [0.2, 0.25) is 5.02 Å². The second kappa shape index (κ2) is 4.78. The largest absolute Gasteiger partial charge is 0.418 e. The second-order valence-electron chi connectivity index (χ2n) is 4.26. The van der Waals surface area contributed by atoms with E-state index < -0.39 is 11.7 Å². The van der Waals surface area contributed by atoms with Gasteiger partial charge in [-0.1, -0.05) is 23.7 Å². The predicted molar refractivity (Wildman–Crippen MR) is 71.0 cm³/mol. The Bertz CT molecular complexity index is 621. The zero-order chi connectivity index (χ0) is 14.2. The van der Waals surface area contributed by atoms with Crippen LogP contribution in [-0.4, -0.2) is 0 Å². The topological polar surface area (TPSA) is 26.0 Å². The van der Waals surface area contributed by atoms with Crippen molar-refractivity contribution in [3.63, 3.8) is 0 Å². The van der Waals surface area contributed by atoms with Crippen LogP contribution in [0.1, 0.15) is 11.1 Å². The van der Waals surface area contributed by atoms with E-state index in [4.69, 9.17) is 17.3 Å². The van der Waals surface area contributed by atoms with Gasteiger partial charge in [0.25, 0.3) is 0 Å². The number of halogens is 4. The quantitative estimate of drug-likeness (QED) is 0.740. The van der Waals surface area contributed by atoms with Crippen LogP contribution in [0, 0.1) is 6.92 Å². The first kappa shape index (κ1) is 13.7. The molecule has 0 bridgehead atoms. The van der Waals surface area contributed by atoms with Gasteiger partial charge in [-0.2, -0.15) is 13.2 Å². The molecule has 0 spiro atoms. The summed E-state index contributed by atoms with van der Waals surface area (Å²) in [7, 11) is 0. The summed E-state index contributed by atoms with van der Waals surface area (Å²) in [5, 5.41) is 0.549. The summed E-state index contributed by atoms with van der Waals surface area (Å²) in [5.74, 6) is 0. The highest BCUT2D eigenvalue weighted by molar-refractivity contribution is 6.30. The molecular weight excluding hydrogens is 275 g/mol. The fourth-order valence-electron chi connectivity index (χ4n) is 1.92. The molecule has 0 fully saturated rings. The lowest BCUT2D eigenvalue weighted by atomic mass is 9.98. The summed E-state index contributed by atoms with van der Waals surface area (Å²) in [6.45, 7) is 1.80. The van der Waals surface area contributed by atoms with Crippen LogP contribution >= 0.6 is 11.6 Å². The van der Waals surface area contributed by atoms with Crippen LogP contribution in [0.25, 0.3) is 11.1 Å². The van der Waals surface area contributed by atoms with Gasteiger partial charge in [-0.15, -0.1) is 0 Å². The van der Waals surface area contributed by atoms with E-state index in [0.29, 0.717) is 16.1 Å². The number of hydrogen-bond acceptors (Lipinski definition) is 1. The van der Waals surface area contributed by atoms with Gasteiger partial charge in [0.15, 0.2) is 0 Å². The standard InChI is InChI=1S/C14H11ClF3N/c1-8-6-10(15)3-4-11(8)9-2-5-13(19)12(7-9)14(16,17)18/h2-7H,19H2,1H3. The smallest absolute Gasteiger partial charge is 0.398 e. The van der Waals surface area contributed by atoms with Crippen LogP contribution in [0.15, 0.2) is 36.4 Å². The zero-order valence-corrected chi connectivity index (χ0v) is 10.8. The molecule has 0 saturated carbocycles. The van der Waals surface area contributed by atoms with E-state index in [1.165, 1.54) is 6.07 Å². The summed E-state index contributed by atoms with van der Waals surface area (Å²) < 4.78 is 38.4. The number of benzene rings is 2. The Morgan fingerprint density at radius 3 is 2.32 bits per heavy atom. The van der Waals surface area contributed by atoms with Crippen molar-refractivity contribution >= 4 is 17.3 Å². The molecule has 0 aliphatic rings. The number of alkyl halides is 3. The highest BCUT2D eigenvalue weighted by Crippen LogP contribution is 2.37. The minimum atomic E-state index is -4.46. The van der Waals surface area contributed by atoms with Crippen LogP contribution in [0.4, 0.5) is 18.9 Å². The lowest BCUT2D eigenvalue weighted by Gasteiger charge is -2.13. The monoisotopic (exact) mass is 285 g/mol. The van der Waals surface area contributed by atoms with Crippen molar-refractivity contribution in [2.75, 3.05) is 5.73 Å². The maximum absolute atomic E-state index is 12.8. The summed E-state index contributed by atoms with van der Waals surface area (Å²) >= 11 is 5.83. The van der Waals surface area contributed by atoms with E-state index in [-0.39, 0.29) is 5.69 Å². The molecule has 0 aromatic heterocycles. The van der Waals surface area contributed by atoms with E-state index >= 15 is 0 Å². The Morgan fingerprint density at radius 1 is 1.05 bits per heavy atom. The van der Waals surface area contributed by atoms with Gasteiger partial charge >= 0.3 is 6.18 Å². The normalized spacial score (nSPS) is 11.6. The third-order valence-electron chi connectivity index (χ3n) is 2.86. The lowest BCUT2D eigenvalue weighted by Crippen LogP contribution is -2.09. The first-order valence-electron chi connectivity index (χ1n) is 5.52. The molecule has 0 saturated heterocycles. The number of nitrogens with two attached hydrogens (primary N) is 1. The van der Waals surface area contributed by atoms with Gasteiger partial charge in [0.1, 0.15) is 0 Å². The molecule has 0 unspecified atom stereocenters. The van der Waals surface area contributed by atoms with Crippen LogP contribution in [-0.2, 0) is 6.18 Å². The number of rotatable bonds is 1. The molecule has 0 aliphatic heterocycles. The molecule has 0 aliphatic carbocycles. The molecule has 1 nitrogen and oxygen atoms in total. The highest BCUT2D eigenvalue weighted by Gasteiger charge is 2.33. The van der Waals surface area contributed by atoms with Crippen LogP contribution in [0.3, 0.4) is 0 Å². The zero-order valence-electron chi connectivity index (χ0n) is 10.1. The van der Waals surface area contributed by atoms with Gasteiger partial charge in [-0.05, 0) is 47.9 Å². The Hall–Kier alpha value is -1.68. The Balaban J connectivity index is 2.58. The van der Waals surface area contributed by atoms with Crippen molar-refractivity contribution < 1.29 is 13.2 Å². The Morgan fingerprint density at radius 2 is 1.74 bits per heavy atom. The molecule has 0 amide bonds. The average Bonchev–Trinajstić information content (AvgIpc) is 2.29. The number of aryl methyl sites for hydroxylation is 1. The van der Waals surface area contributed by atoms with E-state index in [2.05, 4.69) is 0 Å². The van der Waals surface area contributed by atoms with E-state index in [1.807, 2.05) is 0 Å². The van der Waals surface area contributed by atoms with E-state index in [9.17, 15) is 13.2 Å². The second-order valence-corrected chi connectivity index (χ2v) is 4.70. The fraction of sp³-hybridized carbons (Fsp3) is 0.143. The fourth-order valence-corrected chi connectivity index (χ4v) is 2.15. The number of anilines is 1. The first-order valence-corrected chi connectivity index (χ1v) is 5.90. The molecule has 2 aromatic carbocycles. The van der Waals surface area contributed by atoms with Crippen LogP contribution < -0.4 is 5.73 Å². The summed E-state index contributed by atoms with van der Waals surface area (Å²) in [6, 6.07) is 8.95.